The number of amides is 1. The van der Waals surface area contributed by atoms with Crippen LogP contribution in [0.2, 0.25) is 0 Å². The van der Waals surface area contributed by atoms with Crippen molar-refractivity contribution in [3.8, 4) is 5.75 Å². The molecule has 0 aliphatic carbocycles. The number of ether oxygens (including phenoxy) is 1. The number of hydrogen-bond acceptors (Lipinski definition) is 2. The van der Waals surface area contributed by atoms with Crippen LogP contribution in [0.25, 0.3) is 0 Å². The number of halogens is 3. The third-order valence-electron chi connectivity index (χ3n) is 1.75. The second-order valence-corrected chi connectivity index (χ2v) is 3.21. The van der Waals surface area contributed by atoms with Crippen LogP contribution in [-0.4, -0.2) is 12.3 Å². The molecule has 6 heteroatoms. The lowest BCUT2D eigenvalue weighted by atomic mass is 10.2. The smallest absolute Gasteiger partial charge is 0.406 e. The summed E-state index contributed by atoms with van der Waals surface area (Å²) in [7, 11) is 0. The number of aryl methyl sites for hydroxylation is 1. The molecule has 3 nitrogen and oxygen atoms in total. The number of nitrogens with one attached hydrogen (secondary N) is 1. The third kappa shape index (κ3) is 6.12. The van der Waals surface area contributed by atoms with Crippen LogP contribution in [0.4, 0.5) is 18.9 Å². The van der Waals surface area contributed by atoms with Gasteiger partial charge < -0.3 is 10.1 Å². The standard InChI is InChI=1S/C10H10F3NO2.C2H6/c1-6-3-4-8(16-10(11,12)13)5-9(6)14-7(2)15;1-2/h3-5H,1-2H3,(H,14,15);1-2H3. The molecule has 0 spiro atoms. The van der Waals surface area contributed by atoms with E-state index in [-0.39, 0.29) is 11.7 Å². The fourth-order valence-electron chi connectivity index (χ4n) is 1.12. The molecule has 0 aromatic heterocycles. The van der Waals surface area contributed by atoms with Gasteiger partial charge in [0, 0.05) is 18.7 Å². The van der Waals surface area contributed by atoms with Crippen LogP contribution >= 0.6 is 0 Å². The molecule has 0 unspecified atom stereocenters. The van der Waals surface area contributed by atoms with Gasteiger partial charge in [0.15, 0.2) is 0 Å². The Kier molecular flexibility index (Phi) is 6.22. The second-order valence-electron chi connectivity index (χ2n) is 3.21. The van der Waals surface area contributed by atoms with Gasteiger partial charge in [-0.2, -0.15) is 0 Å². The normalized spacial score (nSPS) is 10.2. The summed E-state index contributed by atoms with van der Waals surface area (Å²) in [6.45, 7) is 6.94. The van der Waals surface area contributed by atoms with Crippen LogP contribution < -0.4 is 10.1 Å². The van der Waals surface area contributed by atoms with Crippen molar-refractivity contribution < 1.29 is 22.7 Å². The van der Waals surface area contributed by atoms with Crippen molar-refractivity contribution >= 4 is 11.6 Å². The van der Waals surface area contributed by atoms with Gasteiger partial charge in [-0.05, 0) is 18.6 Å². The molecule has 1 N–H and O–H groups in total. The third-order valence-corrected chi connectivity index (χ3v) is 1.75. The Morgan fingerprint density at radius 3 is 2.28 bits per heavy atom. The summed E-state index contributed by atoms with van der Waals surface area (Å²) in [6, 6.07) is 3.75. The molecule has 1 rings (SSSR count). The molecular weight excluding hydrogens is 247 g/mol. The molecule has 0 heterocycles. The van der Waals surface area contributed by atoms with Crippen molar-refractivity contribution in [2.24, 2.45) is 0 Å². The Morgan fingerprint density at radius 2 is 1.83 bits per heavy atom. The number of hydrogen-bond donors (Lipinski definition) is 1. The van der Waals surface area contributed by atoms with Gasteiger partial charge >= 0.3 is 6.36 Å². The van der Waals surface area contributed by atoms with Crippen LogP contribution in [0, 0.1) is 6.92 Å². The predicted octanol–water partition coefficient (Wildman–Crippen LogP) is 3.88. The maximum Gasteiger partial charge on any atom is 0.573 e. The molecule has 102 valence electrons. The first-order valence-corrected chi connectivity index (χ1v) is 5.42. The maximum absolute atomic E-state index is 11.9. The summed E-state index contributed by atoms with van der Waals surface area (Å²) in [6.07, 6.45) is -4.73. The molecule has 0 saturated carbocycles. The number of anilines is 1. The number of carbonyl (C=O) groups is 1. The maximum atomic E-state index is 11.9. The van der Waals surface area contributed by atoms with E-state index in [9.17, 15) is 18.0 Å². The predicted molar refractivity (Wildman–Crippen MR) is 63.5 cm³/mol. The first kappa shape index (κ1) is 16.3. The molecule has 18 heavy (non-hydrogen) atoms. The zero-order valence-corrected chi connectivity index (χ0v) is 10.7. The molecule has 0 bridgehead atoms. The number of benzene rings is 1. The fourth-order valence-corrected chi connectivity index (χ4v) is 1.12. The average molecular weight is 263 g/mol. The Balaban J connectivity index is 0.00000137. The lowest BCUT2D eigenvalue weighted by Crippen LogP contribution is -2.17. The molecule has 0 fully saturated rings. The van der Waals surface area contributed by atoms with Gasteiger partial charge in [0.1, 0.15) is 5.75 Å². The molecule has 1 aromatic carbocycles. The summed E-state index contributed by atoms with van der Waals surface area (Å²) >= 11 is 0. The highest BCUT2D eigenvalue weighted by Gasteiger charge is 2.31. The van der Waals surface area contributed by atoms with Crippen molar-refractivity contribution in [2.75, 3.05) is 5.32 Å². The Morgan fingerprint density at radius 1 is 1.28 bits per heavy atom. The SMILES string of the molecule is CC.CC(=O)Nc1cc(OC(F)(F)F)ccc1C. The zero-order valence-electron chi connectivity index (χ0n) is 10.7. The molecule has 0 aliphatic heterocycles. The Labute approximate surface area is 104 Å². The first-order valence-electron chi connectivity index (χ1n) is 5.42. The molecule has 0 saturated heterocycles. The molecule has 0 aliphatic rings. The molecule has 1 amide bonds. The fraction of sp³-hybridized carbons (Fsp3) is 0.417. The van der Waals surface area contributed by atoms with Crippen LogP contribution in [0.1, 0.15) is 26.3 Å². The van der Waals surface area contributed by atoms with E-state index in [2.05, 4.69) is 10.1 Å². The molecule has 0 atom stereocenters. The monoisotopic (exact) mass is 263 g/mol. The highest BCUT2D eigenvalue weighted by molar-refractivity contribution is 5.89. The van der Waals surface area contributed by atoms with Crippen LogP contribution in [-0.2, 0) is 4.79 Å². The van der Waals surface area contributed by atoms with Crippen molar-refractivity contribution in [3.05, 3.63) is 23.8 Å². The highest BCUT2D eigenvalue weighted by atomic mass is 19.4. The summed E-state index contributed by atoms with van der Waals surface area (Å²) in [4.78, 5) is 10.8. The van der Waals surface area contributed by atoms with Crippen molar-refractivity contribution in [1.29, 1.82) is 0 Å². The quantitative estimate of drug-likeness (QED) is 0.879. The van der Waals surface area contributed by atoms with E-state index < -0.39 is 6.36 Å². The van der Waals surface area contributed by atoms with E-state index >= 15 is 0 Å². The minimum Gasteiger partial charge on any atom is -0.406 e. The van der Waals surface area contributed by atoms with E-state index in [0.29, 0.717) is 11.3 Å². The van der Waals surface area contributed by atoms with Gasteiger partial charge in [-0.25, -0.2) is 0 Å². The van der Waals surface area contributed by atoms with Gasteiger partial charge in [-0.1, -0.05) is 19.9 Å². The molecule has 1 aromatic rings. The zero-order chi connectivity index (χ0) is 14.3. The summed E-state index contributed by atoms with van der Waals surface area (Å²) in [5.74, 6) is -0.714. The van der Waals surface area contributed by atoms with E-state index in [1.165, 1.54) is 19.1 Å². The number of carbonyl (C=O) groups excluding carboxylic acids is 1. The van der Waals surface area contributed by atoms with Crippen LogP contribution in [0.5, 0.6) is 5.75 Å². The highest BCUT2D eigenvalue weighted by Crippen LogP contribution is 2.27. The summed E-state index contributed by atoms with van der Waals surface area (Å²) in [5, 5.41) is 2.41. The first-order chi connectivity index (χ1) is 8.28. The van der Waals surface area contributed by atoms with E-state index in [4.69, 9.17) is 0 Å². The lowest BCUT2D eigenvalue weighted by Gasteiger charge is -2.12. The number of rotatable bonds is 2. The molecular formula is C12H16F3NO2. The number of alkyl halides is 3. The van der Waals surface area contributed by atoms with Gasteiger partial charge in [0.2, 0.25) is 5.91 Å². The van der Waals surface area contributed by atoms with Crippen molar-refractivity contribution in [3.63, 3.8) is 0 Å². The largest absolute Gasteiger partial charge is 0.573 e. The second kappa shape index (κ2) is 6.88. The van der Waals surface area contributed by atoms with Gasteiger partial charge in [0.25, 0.3) is 0 Å². The van der Waals surface area contributed by atoms with Gasteiger partial charge in [-0.3, -0.25) is 4.79 Å². The van der Waals surface area contributed by atoms with Crippen LogP contribution in [0.3, 0.4) is 0 Å². The van der Waals surface area contributed by atoms with Crippen molar-refractivity contribution in [2.45, 2.75) is 34.1 Å². The lowest BCUT2D eigenvalue weighted by molar-refractivity contribution is -0.274. The van der Waals surface area contributed by atoms with Crippen LogP contribution in [0.15, 0.2) is 18.2 Å². The summed E-state index contributed by atoms with van der Waals surface area (Å²) < 4.78 is 39.5. The van der Waals surface area contributed by atoms with E-state index in [1.807, 2.05) is 13.8 Å². The minimum atomic E-state index is -4.73. The minimum absolute atomic E-state index is 0.300. The average Bonchev–Trinajstić information content (AvgIpc) is 2.23. The summed E-state index contributed by atoms with van der Waals surface area (Å²) in [5.41, 5.74) is 0.957. The topological polar surface area (TPSA) is 38.3 Å². The van der Waals surface area contributed by atoms with Gasteiger partial charge in [-0.15, -0.1) is 13.2 Å². The van der Waals surface area contributed by atoms with E-state index in [0.717, 1.165) is 6.07 Å². The Bertz CT molecular complexity index is 403. The van der Waals surface area contributed by atoms with Crippen molar-refractivity contribution in [1.82, 2.24) is 0 Å². The van der Waals surface area contributed by atoms with Gasteiger partial charge in [0.05, 0.1) is 0 Å². The Hall–Kier alpha value is -1.72. The van der Waals surface area contributed by atoms with E-state index in [1.54, 1.807) is 6.92 Å². The molecule has 0 radical (unpaired) electrons.